The van der Waals surface area contributed by atoms with Gasteiger partial charge in [0.05, 0.1) is 5.69 Å². The third kappa shape index (κ3) is 3.51. The van der Waals surface area contributed by atoms with E-state index in [1.165, 1.54) is 15.6 Å². The molecule has 0 bridgehead atoms. The fraction of sp³-hybridized carbons (Fsp3) is 0.429. The summed E-state index contributed by atoms with van der Waals surface area (Å²) in [4.78, 5) is 22.9. The lowest BCUT2D eigenvalue weighted by molar-refractivity contribution is -0.137. The fourth-order valence-corrected chi connectivity index (χ4v) is 1.88. The average molecular weight is 305 g/mol. The summed E-state index contributed by atoms with van der Waals surface area (Å²) < 4.78 is 2.76. The molecule has 0 atom stereocenters. The maximum atomic E-state index is 12.3. The van der Waals surface area contributed by atoms with Gasteiger partial charge in [-0.05, 0) is 6.07 Å². The molecule has 2 aromatic heterocycles. The maximum Gasteiger partial charge on any atom is 0.325 e. The lowest BCUT2D eigenvalue weighted by atomic mass is 9.92. The summed E-state index contributed by atoms with van der Waals surface area (Å²) in [5.74, 6) is -1.04. The number of carbonyl (C=O) groups is 2. The lowest BCUT2D eigenvalue weighted by Gasteiger charge is -2.13. The topological polar surface area (TPSA) is 102 Å². The van der Waals surface area contributed by atoms with E-state index >= 15 is 0 Å². The van der Waals surface area contributed by atoms with Crippen LogP contribution in [-0.2, 0) is 23.8 Å². The number of aryl methyl sites for hydroxylation is 1. The molecule has 2 aromatic rings. The molecule has 8 nitrogen and oxygen atoms in total. The van der Waals surface area contributed by atoms with E-state index < -0.39 is 5.97 Å². The van der Waals surface area contributed by atoms with Crippen LogP contribution < -0.4 is 5.32 Å². The van der Waals surface area contributed by atoms with Crippen molar-refractivity contribution in [2.75, 3.05) is 5.32 Å². The SMILES string of the molecule is Cn1nc(C(C)(C)C)cc1C(=O)Nc1ccn(CC(=O)O)n1. The summed E-state index contributed by atoms with van der Waals surface area (Å²) in [5.41, 5.74) is 1.08. The van der Waals surface area contributed by atoms with Crippen LogP contribution in [0, 0.1) is 0 Å². The Bertz CT molecular complexity index is 708. The van der Waals surface area contributed by atoms with E-state index in [1.54, 1.807) is 19.2 Å². The average Bonchev–Trinajstić information content (AvgIpc) is 2.94. The molecule has 0 saturated heterocycles. The second-order valence-electron chi connectivity index (χ2n) is 6.03. The highest BCUT2D eigenvalue weighted by Gasteiger charge is 2.22. The molecule has 0 saturated carbocycles. The van der Waals surface area contributed by atoms with Crippen molar-refractivity contribution in [3.8, 4) is 0 Å². The molecule has 0 spiro atoms. The number of amides is 1. The van der Waals surface area contributed by atoms with Gasteiger partial charge in [-0.25, -0.2) is 0 Å². The van der Waals surface area contributed by atoms with Crippen molar-refractivity contribution >= 4 is 17.7 Å². The van der Waals surface area contributed by atoms with Gasteiger partial charge in [0.25, 0.3) is 5.91 Å². The normalized spacial score (nSPS) is 11.5. The van der Waals surface area contributed by atoms with Crippen molar-refractivity contribution in [3.63, 3.8) is 0 Å². The molecular formula is C14H19N5O3. The van der Waals surface area contributed by atoms with Gasteiger partial charge in [-0.3, -0.25) is 19.0 Å². The Kier molecular flexibility index (Phi) is 4.03. The van der Waals surface area contributed by atoms with Crippen molar-refractivity contribution in [2.24, 2.45) is 7.05 Å². The van der Waals surface area contributed by atoms with Crippen molar-refractivity contribution in [2.45, 2.75) is 32.7 Å². The molecule has 8 heteroatoms. The first-order valence-corrected chi connectivity index (χ1v) is 6.78. The van der Waals surface area contributed by atoms with Crippen LogP contribution in [0.4, 0.5) is 5.82 Å². The fourth-order valence-electron chi connectivity index (χ4n) is 1.88. The van der Waals surface area contributed by atoms with Gasteiger partial charge >= 0.3 is 5.97 Å². The Hall–Kier alpha value is -2.64. The van der Waals surface area contributed by atoms with Gasteiger partial charge < -0.3 is 10.4 Å². The van der Waals surface area contributed by atoms with Crippen LogP contribution >= 0.6 is 0 Å². The number of nitrogens with zero attached hydrogens (tertiary/aromatic N) is 4. The van der Waals surface area contributed by atoms with E-state index in [2.05, 4.69) is 15.5 Å². The molecule has 0 unspecified atom stereocenters. The molecule has 0 aliphatic rings. The van der Waals surface area contributed by atoms with E-state index in [4.69, 9.17) is 5.11 Å². The van der Waals surface area contributed by atoms with Crippen LogP contribution in [0.5, 0.6) is 0 Å². The Morgan fingerprint density at radius 3 is 2.55 bits per heavy atom. The Balaban J connectivity index is 2.14. The molecule has 0 aliphatic carbocycles. The number of carbonyl (C=O) groups excluding carboxylic acids is 1. The third-order valence-electron chi connectivity index (χ3n) is 3.06. The Labute approximate surface area is 127 Å². The van der Waals surface area contributed by atoms with E-state index in [1.807, 2.05) is 20.8 Å². The quantitative estimate of drug-likeness (QED) is 0.885. The molecular weight excluding hydrogens is 286 g/mol. The predicted molar refractivity (Wildman–Crippen MR) is 79.7 cm³/mol. The van der Waals surface area contributed by atoms with Crippen LogP contribution in [0.15, 0.2) is 18.3 Å². The minimum Gasteiger partial charge on any atom is -0.480 e. The van der Waals surface area contributed by atoms with Crippen LogP contribution in [0.2, 0.25) is 0 Å². The number of carboxylic acid groups (broad SMARTS) is 1. The molecule has 118 valence electrons. The van der Waals surface area contributed by atoms with Gasteiger partial charge in [0, 0.05) is 24.7 Å². The summed E-state index contributed by atoms with van der Waals surface area (Å²) in [6, 6.07) is 3.28. The van der Waals surface area contributed by atoms with Crippen molar-refractivity contribution in [1.82, 2.24) is 19.6 Å². The number of rotatable bonds is 4. The summed E-state index contributed by atoms with van der Waals surface area (Å²) in [6.07, 6.45) is 1.49. The predicted octanol–water partition coefficient (Wildman–Crippen LogP) is 1.25. The third-order valence-corrected chi connectivity index (χ3v) is 3.06. The first-order valence-electron chi connectivity index (χ1n) is 6.78. The molecule has 2 N–H and O–H groups in total. The first-order chi connectivity index (χ1) is 10.2. The van der Waals surface area contributed by atoms with Crippen molar-refractivity contribution < 1.29 is 14.7 Å². The monoisotopic (exact) mass is 305 g/mol. The number of hydrogen-bond acceptors (Lipinski definition) is 4. The second kappa shape index (κ2) is 5.63. The molecule has 22 heavy (non-hydrogen) atoms. The smallest absolute Gasteiger partial charge is 0.325 e. The highest BCUT2D eigenvalue weighted by atomic mass is 16.4. The van der Waals surface area contributed by atoms with Gasteiger partial charge in [-0.1, -0.05) is 20.8 Å². The molecule has 1 amide bonds. The van der Waals surface area contributed by atoms with Crippen molar-refractivity contribution in [1.29, 1.82) is 0 Å². The van der Waals surface area contributed by atoms with Crippen molar-refractivity contribution in [3.05, 3.63) is 29.7 Å². The first kappa shape index (κ1) is 15.7. The molecule has 0 aliphatic heterocycles. The lowest BCUT2D eigenvalue weighted by Crippen LogP contribution is -2.17. The number of nitrogens with one attached hydrogen (secondary N) is 1. The minimum absolute atomic E-state index is 0.153. The number of anilines is 1. The van der Waals surface area contributed by atoms with Gasteiger partial charge in [0.1, 0.15) is 12.2 Å². The Morgan fingerprint density at radius 1 is 1.32 bits per heavy atom. The number of aliphatic carboxylic acids is 1. The zero-order chi connectivity index (χ0) is 16.5. The summed E-state index contributed by atoms with van der Waals surface area (Å²) >= 11 is 0. The van der Waals surface area contributed by atoms with E-state index in [0.29, 0.717) is 11.5 Å². The summed E-state index contributed by atoms with van der Waals surface area (Å²) in [5, 5.41) is 19.6. The van der Waals surface area contributed by atoms with E-state index in [0.717, 1.165) is 5.69 Å². The number of aromatic nitrogens is 4. The van der Waals surface area contributed by atoms with Crippen LogP contribution in [0.1, 0.15) is 37.0 Å². The standard InChI is InChI=1S/C14H19N5O3/c1-14(2,3)10-7-9(18(4)16-10)13(22)15-11-5-6-19(17-11)8-12(20)21/h5-7H,8H2,1-4H3,(H,20,21)(H,15,17,22). The number of hydrogen-bond donors (Lipinski definition) is 2. The molecule has 0 radical (unpaired) electrons. The minimum atomic E-state index is -0.998. The van der Waals surface area contributed by atoms with Gasteiger partial charge in [0.15, 0.2) is 5.82 Å². The second-order valence-corrected chi connectivity index (χ2v) is 6.03. The van der Waals surface area contributed by atoms with Gasteiger partial charge in [-0.2, -0.15) is 10.2 Å². The van der Waals surface area contributed by atoms with E-state index in [-0.39, 0.29) is 17.9 Å². The summed E-state index contributed by atoms with van der Waals surface area (Å²) in [7, 11) is 1.70. The molecule has 0 aromatic carbocycles. The number of carboxylic acids is 1. The highest BCUT2D eigenvalue weighted by Crippen LogP contribution is 2.21. The van der Waals surface area contributed by atoms with Crippen LogP contribution in [0.3, 0.4) is 0 Å². The van der Waals surface area contributed by atoms with Gasteiger partial charge in [-0.15, -0.1) is 0 Å². The molecule has 2 heterocycles. The van der Waals surface area contributed by atoms with Gasteiger partial charge in [0.2, 0.25) is 0 Å². The van der Waals surface area contributed by atoms with E-state index in [9.17, 15) is 9.59 Å². The van der Waals surface area contributed by atoms with Crippen LogP contribution in [0.25, 0.3) is 0 Å². The zero-order valence-corrected chi connectivity index (χ0v) is 13.0. The molecule has 2 rings (SSSR count). The Morgan fingerprint density at radius 2 is 2.00 bits per heavy atom. The highest BCUT2D eigenvalue weighted by molar-refractivity contribution is 6.02. The largest absolute Gasteiger partial charge is 0.480 e. The summed E-state index contributed by atoms with van der Waals surface area (Å²) in [6.45, 7) is 5.80. The maximum absolute atomic E-state index is 12.3. The van der Waals surface area contributed by atoms with Crippen LogP contribution in [-0.4, -0.2) is 36.5 Å². The zero-order valence-electron chi connectivity index (χ0n) is 13.0. The molecule has 0 fully saturated rings.